The average molecular weight is 255 g/mol. The van der Waals surface area contributed by atoms with Gasteiger partial charge < -0.3 is 15.0 Å². The van der Waals surface area contributed by atoms with Gasteiger partial charge in [0.1, 0.15) is 0 Å². The minimum absolute atomic E-state index is 0.204. The van der Waals surface area contributed by atoms with Crippen LogP contribution in [0.4, 0.5) is 5.13 Å². The van der Waals surface area contributed by atoms with E-state index in [1.54, 1.807) is 11.3 Å². The summed E-state index contributed by atoms with van der Waals surface area (Å²) < 4.78 is 4.90. The molecule has 94 valence electrons. The first-order valence-corrected chi connectivity index (χ1v) is 6.73. The molecule has 0 bridgehead atoms. The zero-order valence-electron chi connectivity index (χ0n) is 9.94. The zero-order chi connectivity index (χ0) is 12.1. The van der Waals surface area contributed by atoms with E-state index in [0.29, 0.717) is 6.61 Å². The molecule has 17 heavy (non-hydrogen) atoms. The molecule has 1 aliphatic rings. The van der Waals surface area contributed by atoms with Gasteiger partial charge in [0.05, 0.1) is 18.7 Å². The number of anilines is 1. The van der Waals surface area contributed by atoms with Gasteiger partial charge in [-0.2, -0.15) is 0 Å². The van der Waals surface area contributed by atoms with Crippen molar-refractivity contribution in [1.82, 2.24) is 10.3 Å². The van der Waals surface area contributed by atoms with Crippen molar-refractivity contribution in [2.75, 3.05) is 37.7 Å². The molecule has 0 saturated carbocycles. The van der Waals surface area contributed by atoms with Crippen molar-refractivity contribution in [3.05, 3.63) is 11.1 Å². The van der Waals surface area contributed by atoms with Crippen molar-refractivity contribution in [1.29, 1.82) is 0 Å². The molecule has 0 amide bonds. The minimum Gasteiger partial charge on any atom is -0.466 e. The van der Waals surface area contributed by atoms with Gasteiger partial charge in [0.25, 0.3) is 0 Å². The van der Waals surface area contributed by atoms with Crippen LogP contribution in [-0.2, 0) is 16.0 Å². The summed E-state index contributed by atoms with van der Waals surface area (Å²) in [7, 11) is 0. The first kappa shape index (κ1) is 12.3. The van der Waals surface area contributed by atoms with Crippen LogP contribution in [0.15, 0.2) is 5.38 Å². The number of piperazine rings is 1. The lowest BCUT2D eigenvalue weighted by molar-refractivity contribution is -0.142. The van der Waals surface area contributed by atoms with Crippen molar-refractivity contribution >= 4 is 22.4 Å². The molecular formula is C11H17N3O2S. The summed E-state index contributed by atoms with van der Waals surface area (Å²) in [6, 6.07) is 0. The monoisotopic (exact) mass is 255 g/mol. The van der Waals surface area contributed by atoms with E-state index in [2.05, 4.69) is 15.2 Å². The van der Waals surface area contributed by atoms with E-state index in [9.17, 15) is 4.79 Å². The van der Waals surface area contributed by atoms with E-state index >= 15 is 0 Å². The van der Waals surface area contributed by atoms with Gasteiger partial charge in [0, 0.05) is 31.6 Å². The van der Waals surface area contributed by atoms with Crippen LogP contribution in [0, 0.1) is 0 Å². The molecule has 1 saturated heterocycles. The second kappa shape index (κ2) is 5.97. The van der Waals surface area contributed by atoms with Gasteiger partial charge in [-0.25, -0.2) is 4.98 Å². The van der Waals surface area contributed by atoms with E-state index < -0.39 is 0 Å². The molecule has 2 rings (SSSR count). The third-order valence-electron chi connectivity index (χ3n) is 2.56. The quantitative estimate of drug-likeness (QED) is 0.801. The Hall–Kier alpha value is -1.14. The topological polar surface area (TPSA) is 54.5 Å². The third-order valence-corrected chi connectivity index (χ3v) is 3.51. The maximum atomic E-state index is 11.3. The molecule has 0 aromatic carbocycles. The van der Waals surface area contributed by atoms with Crippen LogP contribution in [0.1, 0.15) is 12.6 Å². The molecule has 0 spiro atoms. The SMILES string of the molecule is CCOC(=O)Cc1csc(N2CCNCC2)n1. The Balaban J connectivity index is 1.93. The molecule has 0 radical (unpaired) electrons. The van der Waals surface area contributed by atoms with E-state index in [-0.39, 0.29) is 12.4 Å². The molecule has 1 aromatic rings. The van der Waals surface area contributed by atoms with Crippen molar-refractivity contribution in [3.8, 4) is 0 Å². The van der Waals surface area contributed by atoms with Gasteiger partial charge in [-0.15, -0.1) is 11.3 Å². The second-order valence-corrected chi connectivity index (χ2v) is 4.68. The number of nitrogens with one attached hydrogen (secondary N) is 1. The number of esters is 1. The first-order valence-electron chi connectivity index (χ1n) is 5.85. The molecule has 5 nitrogen and oxygen atoms in total. The smallest absolute Gasteiger partial charge is 0.311 e. The highest BCUT2D eigenvalue weighted by atomic mass is 32.1. The van der Waals surface area contributed by atoms with Crippen LogP contribution in [0.5, 0.6) is 0 Å². The van der Waals surface area contributed by atoms with Crippen molar-refractivity contribution < 1.29 is 9.53 Å². The lowest BCUT2D eigenvalue weighted by Crippen LogP contribution is -2.43. The summed E-state index contributed by atoms with van der Waals surface area (Å²) in [6.45, 7) is 6.18. The Morgan fingerprint density at radius 2 is 2.35 bits per heavy atom. The standard InChI is InChI=1S/C11H17N3O2S/c1-2-16-10(15)7-9-8-17-11(13-9)14-5-3-12-4-6-14/h8,12H,2-7H2,1H3. The third kappa shape index (κ3) is 3.41. The summed E-state index contributed by atoms with van der Waals surface area (Å²) in [6.07, 6.45) is 0.274. The van der Waals surface area contributed by atoms with Crippen molar-refractivity contribution in [2.45, 2.75) is 13.3 Å². The second-order valence-electron chi connectivity index (χ2n) is 3.84. The number of rotatable bonds is 4. The number of nitrogens with zero attached hydrogens (tertiary/aromatic N) is 2. The van der Waals surface area contributed by atoms with Crippen molar-refractivity contribution in [3.63, 3.8) is 0 Å². The molecule has 6 heteroatoms. The lowest BCUT2D eigenvalue weighted by atomic mass is 10.3. The van der Waals surface area contributed by atoms with Crippen LogP contribution >= 0.6 is 11.3 Å². The Morgan fingerprint density at radius 3 is 3.06 bits per heavy atom. The van der Waals surface area contributed by atoms with E-state index in [4.69, 9.17) is 4.74 Å². The van der Waals surface area contributed by atoms with Crippen LogP contribution < -0.4 is 10.2 Å². The van der Waals surface area contributed by atoms with Gasteiger partial charge in [0.2, 0.25) is 0 Å². The van der Waals surface area contributed by atoms with Gasteiger partial charge in [-0.3, -0.25) is 4.79 Å². The minimum atomic E-state index is -0.204. The highest BCUT2D eigenvalue weighted by Gasteiger charge is 2.15. The summed E-state index contributed by atoms with van der Waals surface area (Å²) in [4.78, 5) is 18.0. The fourth-order valence-corrected chi connectivity index (χ4v) is 2.62. The van der Waals surface area contributed by atoms with Crippen molar-refractivity contribution in [2.24, 2.45) is 0 Å². The predicted molar refractivity (Wildman–Crippen MR) is 67.5 cm³/mol. The molecule has 1 aliphatic heterocycles. The Kier molecular flexibility index (Phi) is 4.33. The average Bonchev–Trinajstić information content (AvgIpc) is 2.79. The Labute approximate surface area is 105 Å². The number of hydrogen-bond acceptors (Lipinski definition) is 6. The maximum absolute atomic E-state index is 11.3. The predicted octanol–water partition coefficient (Wildman–Crippen LogP) is 0.658. The highest BCUT2D eigenvalue weighted by Crippen LogP contribution is 2.21. The van der Waals surface area contributed by atoms with E-state index in [0.717, 1.165) is 37.0 Å². The fourth-order valence-electron chi connectivity index (χ4n) is 1.74. The lowest BCUT2D eigenvalue weighted by Gasteiger charge is -2.26. The molecule has 0 aliphatic carbocycles. The number of ether oxygens (including phenoxy) is 1. The number of thiazole rings is 1. The molecule has 1 aromatic heterocycles. The molecule has 1 N–H and O–H groups in total. The summed E-state index contributed by atoms with van der Waals surface area (Å²) in [5, 5.41) is 6.25. The first-order chi connectivity index (χ1) is 8.29. The highest BCUT2D eigenvalue weighted by molar-refractivity contribution is 7.13. The summed E-state index contributed by atoms with van der Waals surface area (Å²) in [5.41, 5.74) is 0.807. The largest absolute Gasteiger partial charge is 0.466 e. The van der Waals surface area contributed by atoms with E-state index in [1.165, 1.54) is 0 Å². The van der Waals surface area contributed by atoms with Gasteiger partial charge in [-0.1, -0.05) is 0 Å². The molecular weight excluding hydrogens is 238 g/mol. The van der Waals surface area contributed by atoms with Gasteiger partial charge in [-0.05, 0) is 6.92 Å². The van der Waals surface area contributed by atoms with Crippen LogP contribution in [0.25, 0.3) is 0 Å². The number of hydrogen-bond donors (Lipinski definition) is 1. The van der Waals surface area contributed by atoms with Crippen LogP contribution in [0.2, 0.25) is 0 Å². The maximum Gasteiger partial charge on any atom is 0.311 e. The molecule has 0 atom stereocenters. The van der Waals surface area contributed by atoms with Crippen LogP contribution in [-0.4, -0.2) is 43.7 Å². The Morgan fingerprint density at radius 1 is 1.59 bits per heavy atom. The molecule has 2 heterocycles. The van der Waals surface area contributed by atoms with E-state index in [1.807, 2.05) is 12.3 Å². The molecule has 1 fully saturated rings. The zero-order valence-corrected chi connectivity index (χ0v) is 10.8. The van der Waals surface area contributed by atoms with Gasteiger partial charge >= 0.3 is 5.97 Å². The number of aromatic nitrogens is 1. The summed E-state index contributed by atoms with van der Waals surface area (Å²) in [5.74, 6) is -0.204. The van der Waals surface area contributed by atoms with Crippen LogP contribution in [0.3, 0.4) is 0 Å². The Bertz CT molecular complexity index is 375. The molecule has 0 unspecified atom stereocenters. The fraction of sp³-hybridized carbons (Fsp3) is 0.636. The normalized spacial score (nSPS) is 15.9. The summed E-state index contributed by atoms with van der Waals surface area (Å²) >= 11 is 1.60. The van der Waals surface area contributed by atoms with Gasteiger partial charge in [0.15, 0.2) is 5.13 Å². The number of carbonyl (C=O) groups excluding carboxylic acids is 1. The number of carbonyl (C=O) groups is 1.